The number of aromatic nitrogens is 1. The van der Waals surface area contributed by atoms with Crippen LogP contribution in [0.25, 0.3) is 6.08 Å². The molecule has 0 bridgehead atoms. The maximum Gasteiger partial charge on any atom is 0.338 e. The van der Waals surface area contributed by atoms with E-state index in [9.17, 15) is 14.0 Å². The van der Waals surface area contributed by atoms with Crippen LogP contribution in [0.3, 0.4) is 0 Å². The summed E-state index contributed by atoms with van der Waals surface area (Å²) >= 11 is 7.88. The van der Waals surface area contributed by atoms with Gasteiger partial charge in [0.05, 0.1) is 40.1 Å². The van der Waals surface area contributed by atoms with Crippen LogP contribution in [0.2, 0.25) is 5.02 Å². The number of rotatable bonds is 11. The quantitative estimate of drug-likeness (QED) is 0.174. The van der Waals surface area contributed by atoms with Crippen molar-refractivity contribution < 1.29 is 28.1 Å². The van der Waals surface area contributed by atoms with Crippen LogP contribution in [0.4, 0.5) is 4.39 Å². The zero-order chi connectivity index (χ0) is 33.0. The van der Waals surface area contributed by atoms with E-state index in [1.165, 1.54) is 28.0 Å². The van der Waals surface area contributed by atoms with E-state index in [1.54, 1.807) is 44.2 Å². The lowest BCUT2D eigenvalue weighted by Gasteiger charge is -2.26. The van der Waals surface area contributed by atoms with Crippen molar-refractivity contribution in [2.75, 3.05) is 13.2 Å². The molecule has 0 radical (unpaired) electrons. The van der Waals surface area contributed by atoms with Crippen molar-refractivity contribution in [3.63, 3.8) is 0 Å². The minimum Gasteiger partial charge on any atom is -0.491 e. The Morgan fingerprint density at radius 2 is 1.80 bits per heavy atom. The Labute approximate surface area is 275 Å². The summed E-state index contributed by atoms with van der Waals surface area (Å²) in [5, 5.41) is 0.283. The maximum atomic E-state index is 14.2. The molecule has 0 amide bonds. The smallest absolute Gasteiger partial charge is 0.338 e. The fraction of sp³-hybridized carbons (Fsp3) is 0.286. The standard InChI is InChI=1S/C35H34ClFN2O6S/c1-6-42-28-17-23(16-26(36)32(28)44-19-22-12-14-24(37)15-13-22)18-29-33(40)39-31(25-10-8-9-11-27(25)45-20(3)4)30(34(41)43-7-2)21(5)38-35(39)46-29/h8-18,20,31H,6-7,19H2,1-5H3/b29-18+/t31-/m0/s1. The lowest BCUT2D eigenvalue weighted by Crippen LogP contribution is -2.40. The Kier molecular flexibility index (Phi) is 10.3. The van der Waals surface area contributed by atoms with Gasteiger partial charge in [-0.3, -0.25) is 9.36 Å². The van der Waals surface area contributed by atoms with Gasteiger partial charge in [0.1, 0.15) is 24.2 Å². The molecule has 0 N–H and O–H groups in total. The summed E-state index contributed by atoms with van der Waals surface area (Å²) in [7, 11) is 0. The Morgan fingerprint density at radius 1 is 1.07 bits per heavy atom. The van der Waals surface area contributed by atoms with E-state index in [-0.39, 0.29) is 41.3 Å². The van der Waals surface area contributed by atoms with Crippen LogP contribution in [0, 0.1) is 5.82 Å². The fourth-order valence-electron chi connectivity index (χ4n) is 5.12. The van der Waals surface area contributed by atoms with Gasteiger partial charge in [-0.05, 0) is 82.2 Å². The molecule has 1 aliphatic heterocycles. The highest BCUT2D eigenvalue weighted by Gasteiger charge is 2.35. The van der Waals surface area contributed by atoms with E-state index < -0.39 is 12.0 Å². The largest absolute Gasteiger partial charge is 0.491 e. The van der Waals surface area contributed by atoms with Gasteiger partial charge in [-0.15, -0.1) is 0 Å². The molecule has 0 saturated carbocycles. The molecule has 240 valence electrons. The van der Waals surface area contributed by atoms with Crippen molar-refractivity contribution in [1.82, 2.24) is 4.57 Å². The van der Waals surface area contributed by atoms with E-state index in [4.69, 9.17) is 30.5 Å². The summed E-state index contributed by atoms with van der Waals surface area (Å²) in [6, 6.07) is 15.9. The van der Waals surface area contributed by atoms with Crippen molar-refractivity contribution in [3.8, 4) is 17.2 Å². The second-order valence-corrected chi connectivity index (χ2v) is 12.1. The Balaban J connectivity index is 1.61. The first kappa shape index (κ1) is 33.0. The molecule has 8 nitrogen and oxygen atoms in total. The SMILES string of the molecule is CCOC(=O)C1=C(C)N=c2s/c(=C/c3cc(Cl)c(OCc4ccc(F)cc4)c(OCC)c3)c(=O)n2[C@H]1c1ccccc1OC(C)C. The number of para-hydroxylation sites is 1. The number of hydrogen-bond acceptors (Lipinski definition) is 8. The van der Waals surface area contributed by atoms with Crippen molar-refractivity contribution in [1.29, 1.82) is 0 Å². The van der Waals surface area contributed by atoms with Gasteiger partial charge < -0.3 is 18.9 Å². The summed E-state index contributed by atoms with van der Waals surface area (Å²) in [5.74, 6) is 0.403. The molecule has 4 aromatic rings. The van der Waals surface area contributed by atoms with Gasteiger partial charge in [-0.2, -0.15) is 0 Å². The molecule has 0 fully saturated rings. The zero-order valence-corrected chi connectivity index (χ0v) is 27.7. The molecule has 1 aliphatic rings. The fourth-order valence-corrected chi connectivity index (χ4v) is 6.44. The molecule has 0 spiro atoms. The average molecular weight is 665 g/mol. The van der Waals surface area contributed by atoms with Crippen LogP contribution in [-0.2, 0) is 16.1 Å². The third kappa shape index (κ3) is 7.03. The first-order chi connectivity index (χ1) is 22.1. The lowest BCUT2D eigenvalue weighted by atomic mass is 9.95. The highest BCUT2D eigenvalue weighted by Crippen LogP contribution is 2.38. The van der Waals surface area contributed by atoms with E-state index in [1.807, 2.05) is 45.0 Å². The maximum absolute atomic E-state index is 14.2. The molecule has 5 rings (SSSR count). The van der Waals surface area contributed by atoms with Crippen molar-refractivity contribution in [2.24, 2.45) is 4.99 Å². The van der Waals surface area contributed by atoms with Gasteiger partial charge in [0.25, 0.3) is 5.56 Å². The summed E-state index contributed by atoms with van der Waals surface area (Å²) in [4.78, 5) is 32.6. The zero-order valence-electron chi connectivity index (χ0n) is 26.1. The van der Waals surface area contributed by atoms with E-state index >= 15 is 0 Å². The number of hydrogen-bond donors (Lipinski definition) is 0. The number of halogens is 2. The monoisotopic (exact) mass is 664 g/mol. The molecule has 46 heavy (non-hydrogen) atoms. The molecule has 3 aromatic carbocycles. The number of nitrogens with zero attached hydrogens (tertiary/aromatic N) is 2. The van der Waals surface area contributed by atoms with Crippen LogP contribution >= 0.6 is 22.9 Å². The van der Waals surface area contributed by atoms with Crippen molar-refractivity contribution in [3.05, 3.63) is 119 Å². The molecule has 1 aromatic heterocycles. The predicted molar refractivity (Wildman–Crippen MR) is 176 cm³/mol. The summed E-state index contributed by atoms with van der Waals surface area (Å²) in [5.41, 5.74) is 2.40. The Hall–Kier alpha value is -4.41. The van der Waals surface area contributed by atoms with Gasteiger partial charge in [0.15, 0.2) is 16.3 Å². The molecule has 2 heterocycles. The summed E-state index contributed by atoms with van der Waals surface area (Å²) in [6.45, 7) is 9.81. The minimum atomic E-state index is -0.822. The topological polar surface area (TPSA) is 88.4 Å². The summed E-state index contributed by atoms with van der Waals surface area (Å²) in [6.07, 6.45) is 1.57. The van der Waals surface area contributed by atoms with Crippen LogP contribution in [0.15, 0.2) is 81.7 Å². The third-order valence-corrected chi connectivity index (χ3v) is 8.28. The second kappa shape index (κ2) is 14.3. The molecular formula is C35H34ClFN2O6S. The second-order valence-electron chi connectivity index (χ2n) is 10.7. The van der Waals surface area contributed by atoms with Gasteiger partial charge in [-0.25, -0.2) is 14.2 Å². The normalized spacial score (nSPS) is 14.6. The number of thiazole rings is 1. The van der Waals surface area contributed by atoms with E-state index in [2.05, 4.69) is 4.99 Å². The van der Waals surface area contributed by atoms with Gasteiger partial charge in [0, 0.05) is 5.56 Å². The number of ether oxygens (including phenoxy) is 4. The van der Waals surface area contributed by atoms with Crippen LogP contribution in [0.5, 0.6) is 17.2 Å². The Bertz CT molecular complexity index is 1970. The summed E-state index contributed by atoms with van der Waals surface area (Å²) < 4.78 is 38.6. The number of allylic oxidation sites excluding steroid dienone is 1. The Morgan fingerprint density at radius 3 is 2.50 bits per heavy atom. The minimum absolute atomic E-state index is 0.139. The van der Waals surface area contributed by atoms with Crippen molar-refractivity contribution in [2.45, 2.75) is 53.4 Å². The molecular weight excluding hydrogens is 631 g/mol. The number of carbonyl (C=O) groups excluding carboxylic acids is 1. The molecule has 1 atom stereocenters. The lowest BCUT2D eigenvalue weighted by molar-refractivity contribution is -0.139. The van der Waals surface area contributed by atoms with Crippen LogP contribution in [0.1, 0.15) is 57.4 Å². The highest BCUT2D eigenvalue weighted by molar-refractivity contribution is 7.07. The van der Waals surface area contributed by atoms with E-state index in [0.29, 0.717) is 50.0 Å². The van der Waals surface area contributed by atoms with Crippen LogP contribution < -0.4 is 29.1 Å². The van der Waals surface area contributed by atoms with Gasteiger partial charge in [-0.1, -0.05) is 53.3 Å². The molecule has 0 unspecified atom stereocenters. The number of carbonyl (C=O) groups is 1. The predicted octanol–water partition coefficient (Wildman–Crippen LogP) is 6.36. The van der Waals surface area contributed by atoms with Crippen LogP contribution in [-0.4, -0.2) is 29.9 Å². The number of fused-ring (bicyclic) bond motifs is 1. The first-order valence-corrected chi connectivity index (χ1v) is 16.1. The van der Waals surface area contributed by atoms with Gasteiger partial charge in [0.2, 0.25) is 0 Å². The highest BCUT2D eigenvalue weighted by atomic mass is 35.5. The molecule has 0 saturated heterocycles. The first-order valence-electron chi connectivity index (χ1n) is 14.9. The van der Waals surface area contributed by atoms with E-state index in [0.717, 1.165) is 5.56 Å². The van der Waals surface area contributed by atoms with Gasteiger partial charge >= 0.3 is 5.97 Å². The number of esters is 1. The average Bonchev–Trinajstić information content (AvgIpc) is 3.31. The number of benzene rings is 3. The third-order valence-electron chi connectivity index (χ3n) is 7.02. The molecule has 11 heteroatoms. The molecule has 0 aliphatic carbocycles. The van der Waals surface area contributed by atoms with Crippen molar-refractivity contribution >= 4 is 35.0 Å².